The van der Waals surface area contributed by atoms with Crippen LogP contribution in [0.5, 0.6) is 5.75 Å². The number of rotatable bonds is 12. The van der Waals surface area contributed by atoms with Crippen LogP contribution < -0.4 is 19.7 Å². The second-order valence-electron chi connectivity index (χ2n) is 10.3. The first-order chi connectivity index (χ1) is 21.5. The normalized spacial score (nSPS) is 13.3. The molecule has 0 atom stereocenters. The Hall–Kier alpha value is -3.86. The first-order valence-corrected chi connectivity index (χ1v) is 16.7. The van der Waals surface area contributed by atoms with Crippen molar-refractivity contribution in [3.05, 3.63) is 65.0 Å². The second kappa shape index (κ2) is 15.4. The molecule has 1 aromatic heterocycles. The summed E-state index contributed by atoms with van der Waals surface area (Å²) in [5.41, 5.74) is 1.52. The third kappa shape index (κ3) is 8.87. The van der Waals surface area contributed by atoms with E-state index >= 15 is 4.39 Å². The van der Waals surface area contributed by atoms with Gasteiger partial charge in [0.25, 0.3) is 10.0 Å². The van der Waals surface area contributed by atoms with Crippen LogP contribution in [0.25, 0.3) is 0 Å². The SMILES string of the molecule is COc1ccc(CN(c2scnc2C(=O)OCC(C)C)S(=O)(=O)c2ccc(NC(=O)CNC(=S)N3CCOCC3)c(F)c2)cc1. The number of benzene rings is 2. The van der Waals surface area contributed by atoms with Gasteiger partial charge in [-0.05, 0) is 54.0 Å². The Morgan fingerprint density at radius 1 is 1.18 bits per heavy atom. The predicted molar refractivity (Wildman–Crippen MR) is 172 cm³/mol. The number of hydrogen-bond acceptors (Lipinski definition) is 10. The largest absolute Gasteiger partial charge is 0.497 e. The Labute approximate surface area is 270 Å². The Kier molecular flexibility index (Phi) is 11.7. The van der Waals surface area contributed by atoms with Gasteiger partial charge in [-0.25, -0.2) is 22.6 Å². The van der Waals surface area contributed by atoms with Crippen LogP contribution in [0.2, 0.25) is 0 Å². The van der Waals surface area contributed by atoms with Gasteiger partial charge in [0.15, 0.2) is 10.8 Å². The van der Waals surface area contributed by atoms with E-state index in [1.807, 2.05) is 18.7 Å². The molecule has 1 saturated heterocycles. The maximum atomic E-state index is 15.3. The van der Waals surface area contributed by atoms with Gasteiger partial charge >= 0.3 is 5.97 Å². The Bertz CT molecular complexity index is 1610. The zero-order chi connectivity index (χ0) is 32.6. The van der Waals surface area contributed by atoms with E-state index in [9.17, 15) is 18.0 Å². The number of aromatic nitrogens is 1. The van der Waals surface area contributed by atoms with Crippen LogP contribution in [0.4, 0.5) is 15.1 Å². The van der Waals surface area contributed by atoms with Gasteiger partial charge < -0.3 is 29.7 Å². The lowest BCUT2D eigenvalue weighted by atomic mass is 10.2. The number of esters is 1. The topological polar surface area (TPSA) is 139 Å². The zero-order valence-electron chi connectivity index (χ0n) is 24.9. The van der Waals surface area contributed by atoms with Crippen LogP contribution in [0.3, 0.4) is 0 Å². The number of halogens is 1. The van der Waals surface area contributed by atoms with Gasteiger partial charge in [0.2, 0.25) is 5.91 Å². The van der Waals surface area contributed by atoms with Crippen molar-refractivity contribution in [2.45, 2.75) is 25.3 Å². The van der Waals surface area contributed by atoms with E-state index < -0.39 is 32.6 Å². The number of methoxy groups -OCH3 is 1. The van der Waals surface area contributed by atoms with Gasteiger partial charge in [-0.15, -0.1) is 11.3 Å². The number of carbonyl (C=O) groups excluding carboxylic acids is 2. The maximum absolute atomic E-state index is 15.3. The lowest BCUT2D eigenvalue weighted by Crippen LogP contribution is -2.47. The summed E-state index contributed by atoms with van der Waals surface area (Å²) in [6, 6.07) is 9.85. The Morgan fingerprint density at radius 2 is 1.89 bits per heavy atom. The maximum Gasteiger partial charge on any atom is 0.360 e. The molecule has 0 spiro atoms. The second-order valence-corrected chi connectivity index (χ2v) is 13.4. The number of ether oxygens (including phenoxy) is 3. The predicted octanol–water partition coefficient (Wildman–Crippen LogP) is 3.64. The number of morpholine rings is 1. The van der Waals surface area contributed by atoms with Crippen molar-refractivity contribution in [1.82, 2.24) is 15.2 Å². The lowest BCUT2D eigenvalue weighted by molar-refractivity contribution is -0.115. The summed E-state index contributed by atoms with van der Waals surface area (Å²) in [5.74, 6) is -1.70. The molecule has 0 bridgehead atoms. The molecule has 0 unspecified atom stereocenters. The third-order valence-corrected chi connectivity index (χ3v) is 9.61. The summed E-state index contributed by atoms with van der Waals surface area (Å²) in [5, 5.41) is 5.66. The lowest BCUT2D eigenvalue weighted by Gasteiger charge is -2.29. The van der Waals surface area contributed by atoms with E-state index in [-0.39, 0.29) is 42.0 Å². The molecule has 0 aliphatic carbocycles. The van der Waals surface area contributed by atoms with Crippen molar-refractivity contribution >= 4 is 61.3 Å². The quantitative estimate of drug-likeness (QED) is 0.214. The molecule has 2 heterocycles. The summed E-state index contributed by atoms with van der Waals surface area (Å²) >= 11 is 6.24. The van der Waals surface area contributed by atoms with Crippen molar-refractivity contribution in [1.29, 1.82) is 0 Å². The van der Waals surface area contributed by atoms with Crippen molar-refractivity contribution in [3.63, 3.8) is 0 Å². The van der Waals surface area contributed by atoms with E-state index in [1.54, 1.807) is 24.3 Å². The van der Waals surface area contributed by atoms with Crippen molar-refractivity contribution in [2.24, 2.45) is 5.92 Å². The summed E-state index contributed by atoms with van der Waals surface area (Å²) in [6.45, 7) is 5.68. The number of anilines is 2. The number of nitrogens with one attached hydrogen (secondary N) is 2. The van der Waals surface area contributed by atoms with Crippen molar-refractivity contribution in [2.75, 3.05) is 56.2 Å². The molecule has 242 valence electrons. The highest BCUT2D eigenvalue weighted by Gasteiger charge is 2.32. The first kappa shape index (κ1) is 34.0. The van der Waals surface area contributed by atoms with Gasteiger partial charge in [0.1, 0.15) is 16.6 Å². The summed E-state index contributed by atoms with van der Waals surface area (Å²) < 4.78 is 60.2. The average molecular weight is 680 g/mol. The van der Waals surface area contributed by atoms with E-state index in [4.69, 9.17) is 26.4 Å². The van der Waals surface area contributed by atoms with E-state index in [2.05, 4.69) is 15.6 Å². The van der Waals surface area contributed by atoms with Crippen LogP contribution in [0.15, 0.2) is 52.9 Å². The fraction of sp³-hybridized carbons (Fsp3) is 0.379. The molecule has 0 saturated carbocycles. The van der Waals surface area contributed by atoms with Gasteiger partial charge in [-0.1, -0.05) is 26.0 Å². The number of carbonyl (C=O) groups is 2. The van der Waals surface area contributed by atoms with Gasteiger partial charge in [0.05, 0.1) is 56.1 Å². The average Bonchev–Trinajstić information content (AvgIpc) is 3.52. The van der Waals surface area contributed by atoms with E-state index in [0.29, 0.717) is 42.7 Å². The number of thiocarbonyl (C=S) groups is 1. The van der Waals surface area contributed by atoms with E-state index in [1.165, 1.54) is 18.7 Å². The molecule has 1 aliphatic rings. The summed E-state index contributed by atoms with van der Waals surface area (Å²) in [7, 11) is -2.95. The molecule has 2 N–H and O–H groups in total. The molecule has 2 aromatic carbocycles. The number of thiazole rings is 1. The zero-order valence-corrected chi connectivity index (χ0v) is 27.4. The van der Waals surface area contributed by atoms with E-state index in [0.717, 1.165) is 27.8 Å². The highest BCUT2D eigenvalue weighted by atomic mass is 32.2. The van der Waals surface area contributed by atoms with Crippen molar-refractivity contribution < 1.29 is 36.6 Å². The molecule has 1 fully saturated rings. The van der Waals surface area contributed by atoms with Crippen LogP contribution >= 0.6 is 23.6 Å². The van der Waals surface area contributed by atoms with Gasteiger partial charge in [-0.2, -0.15) is 0 Å². The fourth-order valence-electron chi connectivity index (χ4n) is 4.14. The smallest absolute Gasteiger partial charge is 0.360 e. The minimum absolute atomic E-state index is 0.0136. The van der Waals surface area contributed by atoms with Gasteiger partial charge in [0, 0.05) is 13.1 Å². The molecule has 0 radical (unpaired) electrons. The molecular weight excluding hydrogens is 646 g/mol. The minimum Gasteiger partial charge on any atom is -0.497 e. The molecule has 1 aliphatic heterocycles. The number of nitrogens with zero attached hydrogens (tertiary/aromatic N) is 3. The molecular formula is C29H34FN5O7S3. The fourth-order valence-corrected chi connectivity index (χ4v) is 6.88. The highest BCUT2D eigenvalue weighted by molar-refractivity contribution is 7.93. The van der Waals surface area contributed by atoms with Crippen LogP contribution in [0.1, 0.15) is 29.9 Å². The number of amides is 1. The van der Waals surface area contributed by atoms with Crippen LogP contribution in [-0.4, -0.2) is 81.9 Å². The molecule has 16 heteroatoms. The highest BCUT2D eigenvalue weighted by Crippen LogP contribution is 2.34. The Balaban J connectivity index is 1.56. The molecule has 45 heavy (non-hydrogen) atoms. The standard InChI is InChI=1S/C29H34FN5O7S3/c1-19(2)17-42-28(37)26-27(44-18-32-26)35(16-20-4-6-21(40-3)7-5-20)45(38,39)22-8-9-24(23(30)14-22)33-25(36)15-31-29(43)34-10-12-41-13-11-34/h4-9,14,18-19H,10-13,15-17H2,1-3H3,(H,31,43)(H,33,36). The van der Waals surface area contributed by atoms with Crippen LogP contribution in [-0.2, 0) is 30.8 Å². The summed E-state index contributed by atoms with van der Waals surface area (Å²) in [4.78, 5) is 31.0. The molecule has 1 amide bonds. The molecule has 3 aromatic rings. The number of sulfonamides is 1. The van der Waals surface area contributed by atoms with Crippen LogP contribution in [0, 0.1) is 11.7 Å². The van der Waals surface area contributed by atoms with Gasteiger partial charge in [-0.3, -0.25) is 9.10 Å². The molecule has 4 rings (SSSR count). The molecule has 12 nitrogen and oxygen atoms in total. The minimum atomic E-state index is -4.46. The first-order valence-electron chi connectivity index (χ1n) is 14.0. The Morgan fingerprint density at radius 3 is 2.53 bits per heavy atom. The summed E-state index contributed by atoms with van der Waals surface area (Å²) in [6.07, 6.45) is 0. The monoisotopic (exact) mass is 679 g/mol. The van der Waals surface area contributed by atoms with Crippen molar-refractivity contribution in [3.8, 4) is 5.75 Å². The third-order valence-electron chi connectivity index (χ3n) is 6.50. The number of hydrogen-bond donors (Lipinski definition) is 2.